The summed E-state index contributed by atoms with van der Waals surface area (Å²) in [6.07, 6.45) is 3.65. The van der Waals surface area contributed by atoms with Gasteiger partial charge in [0.25, 0.3) is 0 Å². The molecule has 0 fully saturated rings. The first-order chi connectivity index (χ1) is 14.6. The molecule has 0 saturated heterocycles. The number of hydrogen-bond donors (Lipinski definition) is 2. The number of imidazole rings is 1. The van der Waals surface area contributed by atoms with E-state index in [1.165, 1.54) is 0 Å². The number of halogens is 2. The Bertz CT molecular complexity index is 1040. The lowest BCUT2D eigenvalue weighted by atomic mass is 10.1. The van der Waals surface area contributed by atoms with Crippen molar-refractivity contribution in [3.63, 3.8) is 0 Å². The molecule has 3 rings (SSSR count). The number of nitriles is 1. The molecule has 2 N–H and O–H groups in total. The van der Waals surface area contributed by atoms with Gasteiger partial charge < -0.3 is 15.2 Å². The van der Waals surface area contributed by atoms with Crippen LogP contribution in [0.25, 0.3) is 0 Å². The van der Waals surface area contributed by atoms with E-state index in [1.807, 2.05) is 28.8 Å². The number of nitrogens with one attached hydrogen (secondary N) is 2. The molecule has 30 heavy (non-hydrogen) atoms. The van der Waals surface area contributed by atoms with Gasteiger partial charge in [0.2, 0.25) is 5.91 Å². The molecular formula is C22H21Cl2N5O. The Morgan fingerprint density at radius 3 is 2.70 bits per heavy atom. The molecule has 3 aromatic rings. The average molecular weight is 442 g/mol. The third-order valence-electron chi connectivity index (χ3n) is 4.55. The van der Waals surface area contributed by atoms with Gasteiger partial charge in [-0.15, -0.1) is 0 Å². The van der Waals surface area contributed by atoms with E-state index in [2.05, 4.69) is 21.7 Å². The van der Waals surface area contributed by atoms with E-state index in [0.29, 0.717) is 41.8 Å². The third kappa shape index (κ3) is 6.07. The minimum Gasteiger partial charge on any atom is -0.354 e. The van der Waals surface area contributed by atoms with Gasteiger partial charge in [0, 0.05) is 38.1 Å². The predicted octanol–water partition coefficient (Wildman–Crippen LogP) is 3.56. The molecule has 8 heteroatoms. The highest BCUT2D eigenvalue weighted by molar-refractivity contribution is 6.42. The minimum absolute atomic E-state index is 0.0702. The number of rotatable bonds is 9. The second-order valence-electron chi connectivity index (χ2n) is 6.74. The molecule has 0 atom stereocenters. The summed E-state index contributed by atoms with van der Waals surface area (Å²) >= 11 is 12.2. The van der Waals surface area contributed by atoms with Crippen LogP contribution in [0, 0.1) is 11.3 Å². The van der Waals surface area contributed by atoms with E-state index in [-0.39, 0.29) is 12.3 Å². The molecule has 1 heterocycles. The van der Waals surface area contributed by atoms with Crippen LogP contribution in [0.15, 0.2) is 55.0 Å². The lowest BCUT2D eigenvalue weighted by Crippen LogP contribution is -2.33. The van der Waals surface area contributed by atoms with Crippen molar-refractivity contribution in [3.8, 4) is 6.07 Å². The average Bonchev–Trinajstić information content (AvgIpc) is 3.17. The Hall–Kier alpha value is -2.85. The fourth-order valence-corrected chi connectivity index (χ4v) is 3.33. The molecule has 2 aromatic carbocycles. The smallest absolute Gasteiger partial charge is 0.226 e. The number of aromatic nitrogens is 2. The van der Waals surface area contributed by atoms with Gasteiger partial charge in [0.15, 0.2) is 0 Å². The topological polar surface area (TPSA) is 82.7 Å². The van der Waals surface area contributed by atoms with Crippen LogP contribution in [0.3, 0.4) is 0 Å². The molecule has 6 nitrogen and oxygen atoms in total. The monoisotopic (exact) mass is 441 g/mol. The largest absolute Gasteiger partial charge is 0.354 e. The van der Waals surface area contributed by atoms with Crippen molar-refractivity contribution < 1.29 is 4.79 Å². The molecular weight excluding hydrogens is 421 g/mol. The van der Waals surface area contributed by atoms with Crippen molar-refractivity contribution in [2.75, 3.05) is 13.1 Å². The zero-order valence-corrected chi connectivity index (χ0v) is 17.7. The van der Waals surface area contributed by atoms with Crippen LogP contribution in [-0.4, -0.2) is 28.5 Å². The van der Waals surface area contributed by atoms with Crippen molar-refractivity contribution in [2.24, 2.45) is 0 Å². The second-order valence-corrected chi connectivity index (χ2v) is 7.52. The summed E-state index contributed by atoms with van der Waals surface area (Å²) in [6.45, 7) is 2.28. The van der Waals surface area contributed by atoms with Crippen LogP contribution in [0.2, 0.25) is 10.0 Å². The summed E-state index contributed by atoms with van der Waals surface area (Å²) in [5.41, 5.74) is 3.41. The number of carbonyl (C=O) groups is 1. The van der Waals surface area contributed by atoms with Crippen LogP contribution in [0.4, 0.5) is 0 Å². The zero-order valence-electron chi connectivity index (χ0n) is 16.2. The van der Waals surface area contributed by atoms with Crippen molar-refractivity contribution in [2.45, 2.75) is 19.5 Å². The number of nitrogens with zero attached hydrogens (tertiary/aromatic N) is 3. The summed E-state index contributed by atoms with van der Waals surface area (Å²) in [5, 5.41) is 16.1. The fourth-order valence-electron chi connectivity index (χ4n) is 2.94. The van der Waals surface area contributed by atoms with Crippen molar-refractivity contribution >= 4 is 29.1 Å². The molecule has 0 radical (unpaired) electrons. The molecule has 1 aromatic heterocycles. The SMILES string of the molecule is N#Cc1ccc(Cn2cncc2CC(=O)NCCNCc2cccc(Cl)c2Cl)cc1. The first-order valence-electron chi connectivity index (χ1n) is 9.45. The van der Waals surface area contributed by atoms with Crippen LogP contribution < -0.4 is 10.6 Å². The van der Waals surface area contributed by atoms with Gasteiger partial charge in [-0.25, -0.2) is 4.98 Å². The Balaban J connectivity index is 1.42. The second kappa shape index (κ2) is 10.8. The first-order valence-corrected chi connectivity index (χ1v) is 10.2. The van der Waals surface area contributed by atoms with Gasteiger partial charge in [0.1, 0.15) is 0 Å². The van der Waals surface area contributed by atoms with Gasteiger partial charge >= 0.3 is 0 Å². The molecule has 1 amide bonds. The van der Waals surface area contributed by atoms with E-state index in [1.54, 1.807) is 30.7 Å². The molecule has 0 aliphatic carbocycles. The van der Waals surface area contributed by atoms with Crippen LogP contribution in [0.1, 0.15) is 22.4 Å². The predicted molar refractivity (Wildman–Crippen MR) is 117 cm³/mol. The Kier molecular flexibility index (Phi) is 7.86. The summed E-state index contributed by atoms with van der Waals surface area (Å²) in [4.78, 5) is 16.4. The lowest BCUT2D eigenvalue weighted by Gasteiger charge is -2.10. The van der Waals surface area contributed by atoms with Gasteiger partial charge in [-0.2, -0.15) is 5.26 Å². The van der Waals surface area contributed by atoms with Gasteiger partial charge in [-0.3, -0.25) is 4.79 Å². The van der Waals surface area contributed by atoms with E-state index in [4.69, 9.17) is 28.5 Å². The maximum Gasteiger partial charge on any atom is 0.226 e. The zero-order chi connectivity index (χ0) is 21.3. The van der Waals surface area contributed by atoms with Crippen LogP contribution in [-0.2, 0) is 24.3 Å². The summed E-state index contributed by atoms with van der Waals surface area (Å²) < 4.78 is 1.93. The summed E-state index contributed by atoms with van der Waals surface area (Å²) in [7, 11) is 0. The first kappa shape index (κ1) is 21.8. The number of hydrogen-bond acceptors (Lipinski definition) is 4. The van der Waals surface area contributed by atoms with E-state index < -0.39 is 0 Å². The molecule has 0 unspecified atom stereocenters. The number of amides is 1. The molecule has 0 saturated carbocycles. The highest BCUT2D eigenvalue weighted by Gasteiger charge is 2.09. The molecule has 154 valence electrons. The van der Waals surface area contributed by atoms with Crippen molar-refractivity contribution in [3.05, 3.63) is 87.4 Å². The Morgan fingerprint density at radius 2 is 1.93 bits per heavy atom. The van der Waals surface area contributed by atoms with Crippen LogP contribution in [0.5, 0.6) is 0 Å². The number of carbonyl (C=O) groups excluding carboxylic acids is 1. The maximum atomic E-state index is 12.3. The standard InChI is InChI=1S/C22H21Cl2N5O/c23-20-3-1-2-18(22(20)24)12-26-8-9-28-21(30)10-19-13-27-15-29(19)14-17-6-4-16(11-25)5-7-17/h1-7,13,15,26H,8-10,12,14H2,(H,28,30). The van der Waals surface area contributed by atoms with E-state index in [9.17, 15) is 4.79 Å². The highest BCUT2D eigenvalue weighted by Crippen LogP contribution is 2.25. The lowest BCUT2D eigenvalue weighted by molar-refractivity contribution is -0.120. The fraction of sp³-hybridized carbons (Fsp3) is 0.227. The van der Waals surface area contributed by atoms with Crippen molar-refractivity contribution in [1.82, 2.24) is 20.2 Å². The van der Waals surface area contributed by atoms with Crippen molar-refractivity contribution in [1.29, 1.82) is 5.26 Å². The minimum atomic E-state index is -0.0702. The highest BCUT2D eigenvalue weighted by atomic mass is 35.5. The quantitative estimate of drug-likeness (QED) is 0.497. The normalized spacial score (nSPS) is 10.6. The maximum absolute atomic E-state index is 12.3. The number of benzene rings is 2. The molecule has 0 bridgehead atoms. The molecule has 0 aliphatic rings. The van der Waals surface area contributed by atoms with Gasteiger partial charge in [0.05, 0.1) is 34.4 Å². The Labute approximate surface area is 185 Å². The van der Waals surface area contributed by atoms with E-state index in [0.717, 1.165) is 16.8 Å². The Morgan fingerprint density at radius 1 is 1.13 bits per heavy atom. The van der Waals surface area contributed by atoms with E-state index >= 15 is 0 Å². The summed E-state index contributed by atoms with van der Waals surface area (Å²) in [6, 6.07) is 15.0. The molecule has 0 spiro atoms. The van der Waals surface area contributed by atoms with Crippen LogP contribution >= 0.6 is 23.2 Å². The van der Waals surface area contributed by atoms with Gasteiger partial charge in [-0.1, -0.05) is 47.5 Å². The third-order valence-corrected chi connectivity index (χ3v) is 5.41. The molecule has 0 aliphatic heterocycles. The van der Waals surface area contributed by atoms with Gasteiger partial charge in [-0.05, 0) is 29.3 Å². The summed E-state index contributed by atoms with van der Waals surface area (Å²) in [5.74, 6) is -0.0702.